The van der Waals surface area contributed by atoms with Crippen LogP contribution >= 0.6 is 11.3 Å². The predicted molar refractivity (Wildman–Crippen MR) is 51.3 cm³/mol. The van der Waals surface area contributed by atoms with Crippen LogP contribution in [0.5, 0.6) is 0 Å². The van der Waals surface area contributed by atoms with E-state index in [2.05, 4.69) is 4.98 Å². The highest BCUT2D eigenvalue weighted by Gasteiger charge is 1.98. The number of hydrogen-bond acceptors (Lipinski definition) is 2. The standard InChI is InChI=1S/C10H8FNS/c11-9-3-1-2-8(6-9)7-10-12-4-5-13-10/h1-6H,7H2. The molecule has 3 heteroatoms. The summed E-state index contributed by atoms with van der Waals surface area (Å²) in [7, 11) is 0. The molecule has 66 valence electrons. The lowest BCUT2D eigenvalue weighted by Gasteiger charge is -1.96. The fraction of sp³-hybridized carbons (Fsp3) is 0.100. The molecule has 0 spiro atoms. The fourth-order valence-electron chi connectivity index (χ4n) is 1.16. The highest BCUT2D eigenvalue weighted by atomic mass is 32.1. The fourth-order valence-corrected chi connectivity index (χ4v) is 1.81. The third-order valence-electron chi connectivity index (χ3n) is 1.73. The Morgan fingerprint density at radius 3 is 3.00 bits per heavy atom. The second kappa shape index (κ2) is 3.66. The van der Waals surface area contributed by atoms with Gasteiger partial charge >= 0.3 is 0 Å². The summed E-state index contributed by atoms with van der Waals surface area (Å²) in [4.78, 5) is 4.14. The van der Waals surface area contributed by atoms with Crippen molar-refractivity contribution in [3.63, 3.8) is 0 Å². The summed E-state index contributed by atoms with van der Waals surface area (Å²) in [5.41, 5.74) is 0.968. The minimum absolute atomic E-state index is 0.186. The molecule has 1 heterocycles. The Kier molecular flexibility index (Phi) is 2.36. The highest BCUT2D eigenvalue weighted by Crippen LogP contribution is 2.12. The van der Waals surface area contributed by atoms with E-state index in [0.29, 0.717) is 0 Å². The Hall–Kier alpha value is -1.22. The Balaban J connectivity index is 2.19. The molecule has 2 aromatic rings. The van der Waals surface area contributed by atoms with Gasteiger partial charge in [-0.15, -0.1) is 11.3 Å². The normalized spacial score (nSPS) is 10.2. The van der Waals surface area contributed by atoms with Crippen LogP contribution in [0.25, 0.3) is 0 Å². The van der Waals surface area contributed by atoms with Crippen molar-refractivity contribution < 1.29 is 4.39 Å². The summed E-state index contributed by atoms with van der Waals surface area (Å²) < 4.78 is 12.8. The first-order valence-electron chi connectivity index (χ1n) is 3.97. The van der Waals surface area contributed by atoms with E-state index in [4.69, 9.17) is 0 Å². The number of halogens is 1. The maximum Gasteiger partial charge on any atom is 0.123 e. The average molecular weight is 193 g/mol. The van der Waals surface area contributed by atoms with E-state index in [9.17, 15) is 4.39 Å². The van der Waals surface area contributed by atoms with E-state index in [1.165, 1.54) is 6.07 Å². The second-order valence-electron chi connectivity index (χ2n) is 2.73. The van der Waals surface area contributed by atoms with Crippen LogP contribution in [0.2, 0.25) is 0 Å². The van der Waals surface area contributed by atoms with Crippen LogP contribution in [-0.2, 0) is 6.42 Å². The average Bonchev–Trinajstić information content (AvgIpc) is 2.57. The zero-order valence-corrected chi connectivity index (χ0v) is 7.72. The largest absolute Gasteiger partial charge is 0.249 e. The quantitative estimate of drug-likeness (QED) is 0.714. The lowest BCUT2D eigenvalue weighted by atomic mass is 10.1. The molecule has 2 rings (SSSR count). The van der Waals surface area contributed by atoms with Crippen molar-refractivity contribution in [2.75, 3.05) is 0 Å². The van der Waals surface area contributed by atoms with Crippen LogP contribution in [0.15, 0.2) is 35.8 Å². The molecule has 0 radical (unpaired) electrons. The number of rotatable bonds is 2. The summed E-state index contributed by atoms with van der Waals surface area (Å²) in [5, 5.41) is 2.94. The first-order valence-corrected chi connectivity index (χ1v) is 4.85. The molecule has 0 atom stereocenters. The number of hydrogen-bond donors (Lipinski definition) is 0. The third kappa shape index (κ3) is 2.12. The van der Waals surface area contributed by atoms with Gasteiger partial charge in [-0.1, -0.05) is 12.1 Å². The van der Waals surface area contributed by atoms with Crippen LogP contribution < -0.4 is 0 Å². The van der Waals surface area contributed by atoms with Gasteiger partial charge in [0, 0.05) is 18.0 Å². The van der Waals surface area contributed by atoms with Gasteiger partial charge in [0.25, 0.3) is 0 Å². The maximum atomic E-state index is 12.8. The van der Waals surface area contributed by atoms with Crippen molar-refractivity contribution in [3.05, 3.63) is 52.2 Å². The van der Waals surface area contributed by atoms with Crippen molar-refractivity contribution in [1.82, 2.24) is 4.98 Å². The topological polar surface area (TPSA) is 12.9 Å². The van der Waals surface area contributed by atoms with E-state index < -0.39 is 0 Å². The molecule has 0 aliphatic carbocycles. The summed E-state index contributed by atoms with van der Waals surface area (Å²) in [6, 6.07) is 6.62. The van der Waals surface area contributed by atoms with Gasteiger partial charge in [0.05, 0.1) is 5.01 Å². The molecule has 13 heavy (non-hydrogen) atoms. The lowest BCUT2D eigenvalue weighted by molar-refractivity contribution is 0.626. The predicted octanol–water partition coefficient (Wildman–Crippen LogP) is 2.87. The number of aromatic nitrogens is 1. The van der Waals surface area contributed by atoms with E-state index in [0.717, 1.165) is 17.0 Å². The highest BCUT2D eigenvalue weighted by molar-refractivity contribution is 7.09. The summed E-state index contributed by atoms with van der Waals surface area (Å²) in [6.45, 7) is 0. The molecule has 0 unspecified atom stereocenters. The van der Waals surface area contributed by atoms with Crippen LogP contribution in [-0.4, -0.2) is 4.98 Å². The van der Waals surface area contributed by atoms with Crippen LogP contribution in [0, 0.1) is 5.82 Å². The SMILES string of the molecule is Fc1cccc(Cc2nccs2)c1. The van der Waals surface area contributed by atoms with Gasteiger partial charge in [-0.3, -0.25) is 0 Å². The van der Waals surface area contributed by atoms with Crippen molar-refractivity contribution in [2.24, 2.45) is 0 Å². The molecule has 1 aromatic carbocycles. The minimum atomic E-state index is -0.186. The Labute approximate surface area is 79.9 Å². The van der Waals surface area contributed by atoms with Gasteiger partial charge in [0.2, 0.25) is 0 Å². The Morgan fingerprint density at radius 1 is 1.38 bits per heavy atom. The van der Waals surface area contributed by atoms with E-state index in [-0.39, 0.29) is 5.82 Å². The Bertz CT molecular complexity index is 384. The van der Waals surface area contributed by atoms with E-state index >= 15 is 0 Å². The molecular formula is C10H8FNS. The zero-order chi connectivity index (χ0) is 9.10. The molecule has 0 aliphatic heterocycles. The lowest BCUT2D eigenvalue weighted by Crippen LogP contribution is -1.87. The molecule has 0 saturated heterocycles. The van der Waals surface area contributed by atoms with Crippen molar-refractivity contribution >= 4 is 11.3 Å². The summed E-state index contributed by atoms with van der Waals surface area (Å²) in [6.07, 6.45) is 2.48. The van der Waals surface area contributed by atoms with Crippen molar-refractivity contribution in [2.45, 2.75) is 6.42 Å². The van der Waals surface area contributed by atoms with Gasteiger partial charge in [-0.2, -0.15) is 0 Å². The van der Waals surface area contributed by atoms with Gasteiger partial charge < -0.3 is 0 Å². The second-order valence-corrected chi connectivity index (χ2v) is 3.71. The summed E-state index contributed by atoms with van der Waals surface area (Å²) in [5.74, 6) is -0.186. The number of nitrogens with zero attached hydrogens (tertiary/aromatic N) is 1. The molecule has 0 N–H and O–H groups in total. The number of benzene rings is 1. The molecule has 0 amide bonds. The number of thiazole rings is 1. The zero-order valence-electron chi connectivity index (χ0n) is 6.90. The molecule has 1 nitrogen and oxygen atoms in total. The first-order chi connectivity index (χ1) is 6.34. The van der Waals surface area contributed by atoms with Crippen molar-refractivity contribution in [3.8, 4) is 0 Å². The van der Waals surface area contributed by atoms with E-state index in [1.54, 1.807) is 29.7 Å². The van der Waals surface area contributed by atoms with Gasteiger partial charge in [-0.05, 0) is 17.7 Å². The Morgan fingerprint density at radius 2 is 2.31 bits per heavy atom. The van der Waals surface area contributed by atoms with E-state index in [1.807, 2.05) is 11.4 Å². The molecule has 0 fully saturated rings. The molecule has 1 aromatic heterocycles. The first kappa shape index (κ1) is 8.38. The van der Waals surface area contributed by atoms with Crippen LogP contribution in [0.1, 0.15) is 10.6 Å². The maximum absolute atomic E-state index is 12.8. The van der Waals surface area contributed by atoms with Crippen molar-refractivity contribution in [1.29, 1.82) is 0 Å². The monoisotopic (exact) mass is 193 g/mol. The van der Waals surface area contributed by atoms with Gasteiger partial charge in [0.15, 0.2) is 0 Å². The molecule has 0 saturated carbocycles. The smallest absolute Gasteiger partial charge is 0.123 e. The van der Waals surface area contributed by atoms with Crippen LogP contribution in [0.4, 0.5) is 4.39 Å². The molecule has 0 aliphatic rings. The minimum Gasteiger partial charge on any atom is -0.249 e. The summed E-state index contributed by atoms with van der Waals surface area (Å²) >= 11 is 1.59. The molecule has 0 bridgehead atoms. The molecular weight excluding hydrogens is 185 g/mol. The van der Waals surface area contributed by atoms with Crippen LogP contribution in [0.3, 0.4) is 0 Å². The van der Waals surface area contributed by atoms with Gasteiger partial charge in [0.1, 0.15) is 5.82 Å². The third-order valence-corrected chi connectivity index (χ3v) is 2.51. The van der Waals surface area contributed by atoms with Gasteiger partial charge in [-0.25, -0.2) is 9.37 Å².